The van der Waals surface area contributed by atoms with E-state index in [-0.39, 0.29) is 0 Å². The van der Waals surface area contributed by atoms with E-state index in [9.17, 15) is 9.59 Å². The van der Waals surface area contributed by atoms with Crippen molar-refractivity contribution in [3.63, 3.8) is 0 Å². The number of benzene rings is 1. The number of hydrogen-bond acceptors (Lipinski definition) is 4. The Kier molecular flexibility index (Phi) is 4.77. The van der Waals surface area contributed by atoms with E-state index in [0.29, 0.717) is 5.56 Å². The van der Waals surface area contributed by atoms with Crippen molar-refractivity contribution in [3.05, 3.63) is 42.2 Å². The van der Waals surface area contributed by atoms with Crippen LogP contribution in [-0.2, 0) is 26.1 Å². The van der Waals surface area contributed by atoms with Crippen LogP contribution < -0.4 is 0 Å². The van der Waals surface area contributed by atoms with Crippen LogP contribution in [0.3, 0.4) is 0 Å². The van der Waals surface area contributed by atoms with E-state index in [4.69, 9.17) is 9.47 Å². The largest absolute Gasteiger partial charge is 0.459 e. The highest BCUT2D eigenvalue weighted by Crippen LogP contribution is 2.35. The molecule has 2 aromatic heterocycles. The van der Waals surface area contributed by atoms with Crippen LogP contribution in [0.1, 0.15) is 53.0 Å². The number of para-hydroxylation sites is 1. The van der Waals surface area contributed by atoms with Gasteiger partial charge in [0.1, 0.15) is 16.8 Å². The molecule has 0 aliphatic rings. The average molecular weight is 384 g/mol. The molecular weight excluding hydrogens is 356 g/mol. The number of esters is 2. The maximum Gasteiger partial charge on any atom is 0.325 e. The van der Waals surface area contributed by atoms with Gasteiger partial charge >= 0.3 is 11.9 Å². The molecule has 0 fully saturated rings. The van der Waals surface area contributed by atoms with Gasteiger partial charge in [0.05, 0.1) is 5.52 Å². The molecule has 150 valence electrons. The van der Waals surface area contributed by atoms with Gasteiger partial charge in [0.2, 0.25) is 0 Å². The van der Waals surface area contributed by atoms with E-state index >= 15 is 0 Å². The van der Waals surface area contributed by atoms with E-state index in [1.165, 1.54) is 0 Å². The standard InChI is InChI=1S/C22H28N2O4/c1-21(2,3)27-19(25)17(20(26)28-22(4,5)6)16-14-10-8-9-11-15(14)24-13-12-23(7)18(16)24/h8-13,17H,1-7H3. The molecule has 0 amide bonds. The van der Waals surface area contributed by atoms with Crippen LogP contribution in [0.15, 0.2) is 36.7 Å². The third-order valence-electron chi connectivity index (χ3n) is 4.27. The number of imidazole rings is 1. The Morgan fingerprint density at radius 3 is 1.96 bits per heavy atom. The molecule has 0 aliphatic carbocycles. The van der Waals surface area contributed by atoms with Crippen LogP contribution >= 0.6 is 0 Å². The van der Waals surface area contributed by atoms with Crippen molar-refractivity contribution in [2.75, 3.05) is 0 Å². The normalized spacial score (nSPS) is 12.7. The number of fused-ring (bicyclic) bond motifs is 3. The highest BCUT2D eigenvalue weighted by Gasteiger charge is 2.39. The van der Waals surface area contributed by atoms with Crippen LogP contribution in [0.5, 0.6) is 0 Å². The van der Waals surface area contributed by atoms with E-state index in [1.807, 2.05) is 52.7 Å². The van der Waals surface area contributed by atoms with Crippen molar-refractivity contribution < 1.29 is 19.1 Å². The van der Waals surface area contributed by atoms with Crippen molar-refractivity contribution in [1.82, 2.24) is 8.97 Å². The van der Waals surface area contributed by atoms with Crippen LogP contribution in [0, 0.1) is 0 Å². The highest BCUT2D eigenvalue weighted by atomic mass is 16.6. The Labute approximate surface area is 165 Å². The molecule has 0 atom stereocenters. The van der Waals surface area contributed by atoms with Crippen molar-refractivity contribution >= 4 is 28.5 Å². The summed E-state index contributed by atoms with van der Waals surface area (Å²) in [6, 6.07) is 7.71. The number of hydrogen-bond donors (Lipinski definition) is 0. The number of carbonyl (C=O) groups is 2. The molecule has 0 bridgehead atoms. The zero-order valence-electron chi connectivity index (χ0n) is 17.6. The van der Waals surface area contributed by atoms with Crippen LogP contribution in [0.2, 0.25) is 0 Å². The summed E-state index contributed by atoms with van der Waals surface area (Å²) in [4.78, 5) is 26.3. The lowest BCUT2D eigenvalue weighted by Crippen LogP contribution is -2.35. The van der Waals surface area contributed by atoms with Crippen LogP contribution in [0.4, 0.5) is 0 Å². The van der Waals surface area contributed by atoms with Gasteiger partial charge in [-0.3, -0.25) is 9.59 Å². The lowest BCUT2D eigenvalue weighted by atomic mass is 9.97. The van der Waals surface area contributed by atoms with Crippen LogP contribution in [-0.4, -0.2) is 32.1 Å². The predicted octanol–water partition coefficient (Wildman–Crippen LogP) is 4.20. The molecule has 1 aromatic carbocycles. The number of aryl methyl sites for hydroxylation is 1. The van der Waals surface area contributed by atoms with Gasteiger partial charge in [-0.1, -0.05) is 18.2 Å². The van der Waals surface area contributed by atoms with Crippen molar-refractivity contribution in [1.29, 1.82) is 0 Å². The molecule has 28 heavy (non-hydrogen) atoms. The maximum atomic E-state index is 13.2. The molecule has 0 saturated heterocycles. The second-order valence-electron chi connectivity index (χ2n) is 9.03. The Morgan fingerprint density at radius 1 is 0.893 bits per heavy atom. The summed E-state index contributed by atoms with van der Waals surface area (Å²) in [6.07, 6.45) is 3.81. The summed E-state index contributed by atoms with van der Waals surface area (Å²) in [6.45, 7) is 10.7. The topological polar surface area (TPSA) is 61.9 Å². The Hall–Kier alpha value is -2.76. The SMILES string of the molecule is Cn1ccn2c3ccccc3c(C(C(=O)OC(C)(C)C)C(=O)OC(C)(C)C)c12. The number of nitrogens with zero attached hydrogens (tertiary/aromatic N) is 2. The number of carbonyl (C=O) groups excluding carboxylic acids is 2. The quantitative estimate of drug-likeness (QED) is 0.502. The molecule has 0 radical (unpaired) electrons. The molecule has 0 spiro atoms. The Balaban J connectivity index is 2.26. The Morgan fingerprint density at radius 2 is 1.43 bits per heavy atom. The minimum atomic E-state index is -1.18. The molecule has 2 heterocycles. The van der Waals surface area contributed by atoms with E-state index in [1.54, 1.807) is 41.5 Å². The first-order valence-electron chi connectivity index (χ1n) is 9.39. The first-order chi connectivity index (χ1) is 12.9. The van der Waals surface area contributed by atoms with Gasteiger partial charge in [-0.2, -0.15) is 0 Å². The van der Waals surface area contributed by atoms with Crippen molar-refractivity contribution in [2.24, 2.45) is 7.05 Å². The average Bonchev–Trinajstić information content (AvgIpc) is 3.04. The van der Waals surface area contributed by atoms with E-state index in [0.717, 1.165) is 16.6 Å². The zero-order chi connectivity index (χ0) is 20.9. The fourth-order valence-electron chi connectivity index (χ4n) is 3.36. The summed E-state index contributed by atoms with van der Waals surface area (Å²) in [5.41, 5.74) is 0.847. The molecule has 0 unspecified atom stereocenters. The van der Waals surface area contributed by atoms with Gasteiger partial charge < -0.3 is 18.4 Å². The molecule has 6 heteroatoms. The van der Waals surface area contributed by atoms with Crippen LogP contribution in [0.25, 0.3) is 16.6 Å². The number of aromatic nitrogens is 2. The molecule has 6 nitrogen and oxygen atoms in total. The van der Waals surface area contributed by atoms with E-state index in [2.05, 4.69) is 0 Å². The van der Waals surface area contributed by atoms with Gasteiger partial charge in [0, 0.05) is 30.4 Å². The molecule has 0 N–H and O–H groups in total. The van der Waals surface area contributed by atoms with Gasteiger partial charge in [-0.05, 0) is 47.6 Å². The third kappa shape index (κ3) is 3.77. The second kappa shape index (κ2) is 6.69. The maximum absolute atomic E-state index is 13.2. The molecule has 0 aliphatic heterocycles. The molecule has 3 rings (SSSR count). The summed E-state index contributed by atoms with van der Waals surface area (Å²) in [5, 5.41) is 0.829. The molecule has 0 saturated carbocycles. The Bertz CT molecular complexity index is 1020. The predicted molar refractivity (Wildman–Crippen MR) is 108 cm³/mol. The summed E-state index contributed by atoms with van der Waals surface area (Å²) < 4.78 is 15.1. The van der Waals surface area contributed by atoms with Crippen molar-refractivity contribution in [2.45, 2.75) is 58.7 Å². The third-order valence-corrected chi connectivity index (χ3v) is 4.27. The van der Waals surface area contributed by atoms with Gasteiger partial charge in [0.25, 0.3) is 0 Å². The molecule has 3 aromatic rings. The smallest absolute Gasteiger partial charge is 0.325 e. The zero-order valence-corrected chi connectivity index (χ0v) is 17.6. The van der Waals surface area contributed by atoms with Gasteiger partial charge in [-0.15, -0.1) is 0 Å². The minimum Gasteiger partial charge on any atom is -0.459 e. The highest BCUT2D eigenvalue weighted by molar-refractivity contribution is 6.08. The minimum absolute atomic E-state index is 0.603. The lowest BCUT2D eigenvalue weighted by molar-refractivity contribution is -0.169. The molecular formula is C22H28N2O4. The lowest BCUT2D eigenvalue weighted by Gasteiger charge is -2.26. The van der Waals surface area contributed by atoms with Gasteiger partial charge in [0.15, 0.2) is 5.92 Å². The summed E-state index contributed by atoms with van der Waals surface area (Å²) in [7, 11) is 1.89. The summed E-state index contributed by atoms with van der Waals surface area (Å²) >= 11 is 0. The van der Waals surface area contributed by atoms with Crippen molar-refractivity contribution in [3.8, 4) is 0 Å². The number of ether oxygens (including phenoxy) is 2. The van der Waals surface area contributed by atoms with Gasteiger partial charge in [-0.25, -0.2) is 0 Å². The summed E-state index contributed by atoms with van der Waals surface area (Å²) in [5.74, 6) is -2.40. The first-order valence-corrected chi connectivity index (χ1v) is 9.39. The number of rotatable bonds is 3. The fraction of sp³-hybridized carbons (Fsp3) is 0.455. The monoisotopic (exact) mass is 384 g/mol. The fourth-order valence-corrected chi connectivity index (χ4v) is 3.36. The van der Waals surface area contributed by atoms with E-state index < -0.39 is 29.1 Å². The second-order valence-corrected chi connectivity index (χ2v) is 9.03. The first kappa shape index (κ1) is 20.0.